The third-order valence-electron chi connectivity index (χ3n) is 4.22. The largest absolute Gasteiger partial charge is 0.573 e. The van der Waals surface area contributed by atoms with Gasteiger partial charge in [-0.15, -0.1) is 38.0 Å². The molecule has 0 bridgehead atoms. The van der Waals surface area contributed by atoms with Gasteiger partial charge in [-0.25, -0.2) is 4.39 Å². The molecule has 0 aromatic heterocycles. The van der Waals surface area contributed by atoms with E-state index >= 15 is 0 Å². The van der Waals surface area contributed by atoms with Gasteiger partial charge >= 0.3 is 6.36 Å². The van der Waals surface area contributed by atoms with E-state index in [1.54, 1.807) is 0 Å². The molecule has 4 nitrogen and oxygen atoms in total. The minimum absolute atomic E-state index is 0. The van der Waals surface area contributed by atoms with Crippen molar-refractivity contribution in [1.82, 2.24) is 10.2 Å². The number of benzene rings is 2. The highest BCUT2D eigenvalue weighted by molar-refractivity contribution is 5.85. The summed E-state index contributed by atoms with van der Waals surface area (Å²) in [5.41, 5.74) is 1.00. The van der Waals surface area contributed by atoms with Crippen molar-refractivity contribution < 1.29 is 27.4 Å². The zero-order valence-electron chi connectivity index (χ0n) is 14.6. The fourth-order valence-corrected chi connectivity index (χ4v) is 3.12. The lowest BCUT2D eigenvalue weighted by Crippen LogP contribution is -2.45. The van der Waals surface area contributed by atoms with Gasteiger partial charge in [0.15, 0.2) is 0 Å². The zero-order chi connectivity index (χ0) is 18.7. The first kappa shape index (κ1) is 24.3. The Balaban J connectivity index is 0.00000196. The topological polar surface area (TPSA) is 44.7 Å². The Morgan fingerprint density at radius 1 is 1.00 bits per heavy atom. The fraction of sp³-hybridized carbons (Fsp3) is 0.333. The van der Waals surface area contributed by atoms with Gasteiger partial charge in [-0.1, -0.05) is 18.2 Å². The molecule has 156 valence electrons. The van der Waals surface area contributed by atoms with Crippen LogP contribution in [0.4, 0.5) is 17.6 Å². The van der Waals surface area contributed by atoms with Crippen LogP contribution in [0, 0.1) is 5.82 Å². The second-order valence-corrected chi connectivity index (χ2v) is 6.01. The van der Waals surface area contributed by atoms with Gasteiger partial charge in [0, 0.05) is 37.8 Å². The molecule has 1 atom stereocenters. The molecule has 3 rings (SSSR count). The molecule has 2 aromatic rings. The summed E-state index contributed by atoms with van der Waals surface area (Å²) in [6, 6.07) is 8.89. The third-order valence-corrected chi connectivity index (χ3v) is 4.22. The number of hydrogen-bond acceptors (Lipinski definition) is 4. The molecule has 0 radical (unpaired) electrons. The van der Waals surface area contributed by atoms with Crippen LogP contribution in [-0.4, -0.2) is 42.5 Å². The standard InChI is InChI=1S/C18H18F4N2O2.2ClH/c19-16-11-13(25)3-6-15(16)17(24-9-7-23-8-10-24)12-1-4-14(5-2-12)26-18(20,21)22;;/h1-6,11,17,23,25H,7-10H2;2*1H/t17-;;/m1../s1. The van der Waals surface area contributed by atoms with Crippen molar-refractivity contribution in [2.45, 2.75) is 12.4 Å². The van der Waals surface area contributed by atoms with E-state index in [1.165, 1.54) is 36.4 Å². The molecular formula is C18H20Cl2F4N2O2. The minimum Gasteiger partial charge on any atom is -0.508 e. The van der Waals surface area contributed by atoms with Crippen LogP contribution in [0.25, 0.3) is 0 Å². The number of piperazine rings is 1. The molecule has 0 unspecified atom stereocenters. The second-order valence-electron chi connectivity index (χ2n) is 6.01. The summed E-state index contributed by atoms with van der Waals surface area (Å²) in [7, 11) is 0. The van der Waals surface area contributed by atoms with Gasteiger partial charge in [0.1, 0.15) is 17.3 Å². The number of halogens is 6. The quantitative estimate of drug-likeness (QED) is 0.694. The van der Waals surface area contributed by atoms with Crippen LogP contribution < -0.4 is 10.1 Å². The van der Waals surface area contributed by atoms with Gasteiger partial charge in [0.25, 0.3) is 0 Å². The lowest BCUT2D eigenvalue weighted by atomic mass is 9.95. The van der Waals surface area contributed by atoms with E-state index < -0.39 is 18.2 Å². The number of phenolic OH excluding ortho intramolecular Hbond substituents is 1. The summed E-state index contributed by atoms with van der Waals surface area (Å²) in [5, 5.41) is 12.7. The predicted molar refractivity (Wildman–Crippen MR) is 102 cm³/mol. The van der Waals surface area contributed by atoms with E-state index in [9.17, 15) is 22.7 Å². The van der Waals surface area contributed by atoms with Gasteiger partial charge < -0.3 is 15.2 Å². The number of aromatic hydroxyl groups is 1. The van der Waals surface area contributed by atoms with Crippen LogP contribution in [-0.2, 0) is 0 Å². The van der Waals surface area contributed by atoms with Gasteiger partial charge in [-0.3, -0.25) is 4.90 Å². The molecule has 1 saturated heterocycles. The van der Waals surface area contributed by atoms with Crippen molar-refractivity contribution in [3.8, 4) is 11.5 Å². The molecule has 2 aromatic carbocycles. The van der Waals surface area contributed by atoms with E-state index in [4.69, 9.17) is 0 Å². The number of nitrogens with zero attached hydrogens (tertiary/aromatic N) is 1. The number of phenols is 1. The van der Waals surface area contributed by atoms with Crippen LogP contribution in [0.1, 0.15) is 17.2 Å². The highest BCUT2D eigenvalue weighted by atomic mass is 35.5. The Labute approximate surface area is 172 Å². The molecule has 28 heavy (non-hydrogen) atoms. The maximum absolute atomic E-state index is 14.5. The molecule has 0 spiro atoms. The molecule has 0 aliphatic carbocycles. The Kier molecular flexibility index (Phi) is 8.81. The zero-order valence-corrected chi connectivity index (χ0v) is 16.2. The van der Waals surface area contributed by atoms with Crippen molar-refractivity contribution >= 4 is 24.8 Å². The third kappa shape index (κ3) is 6.13. The van der Waals surface area contributed by atoms with Crippen LogP contribution in [0.5, 0.6) is 11.5 Å². The molecule has 1 heterocycles. The van der Waals surface area contributed by atoms with Gasteiger partial charge in [-0.2, -0.15) is 0 Å². The highest BCUT2D eigenvalue weighted by Crippen LogP contribution is 2.33. The van der Waals surface area contributed by atoms with Crippen LogP contribution >= 0.6 is 24.8 Å². The minimum atomic E-state index is -4.76. The molecular weight excluding hydrogens is 423 g/mol. The average molecular weight is 443 g/mol. The van der Waals surface area contributed by atoms with E-state index in [2.05, 4.69) is 10.1 Å². The smallest absolute Gasteiger partial charge is 0.508 e. The van der Waals surface area contributed by atoms with Crippen molar-refractivity contribution in [2.24, 2.45) is 0 Å². The molecule has 1 fully saturated rings. The fourth-order valence-electron chi connectivity index (χ4n) is 3.12. The molecule has 0 saturated carbocycles. The van der Waals surface area contributed by atoms with Crippen LogP contribution in [0.15, 0.2) is 42.5 Å². The number of alkyl halides is 3. The Hall–Kier alpha value is -1.74. The van der Waals surface area contributed by atoms with Crippen LogP contribution in [0.2, 0.25) is 0 Å². The van der Waals surface area contributed by atoms with E-state index in [-0.39, 0.29) is 36.3 Å². The maximum atomic E-state index is 14.5. The molecule has 1 aliphatic heterocycles. The SMILES string of the molecule is Cl.Cl.Oc1ccc([C@@H](c2ccc(OC(F)(F)F)cc2)N2CCNCC2)c(F)c1. The van der Waals surface area contributed by atoms with E-state index in [1.807, 2.05) is 4.90 Å². The molecule has 2 N–H and O–H groups in total. The first-order chi connectivity index (χ1) is 12.3. The second kappa shape index (κ2) is 10.2. The molecule has 10 heteroatoms. The predicted octanol–water partition coefficient (Wildman–Crippen LogP) is 4.27. The van der Waals surface area contributed by atoms with E-state index in [0.29, 0.717) is 24.2 Å². The number of nitrogens with one attached hydrogen (secondary N) is 1. The number of rotatable bonds is 4. The molecule has 1 aliphatic rings. The first-order valence-electron chi connectivity index (χ1n) is 8.12. The Bertz CT molecular complexity index is 754. The van der Waals surface area contributed by atoms with Gasteiger partial charge in [0.05, 0.1) is 6.04 Å². The van der Waals surface area contributed by atoms with Crippen molar-refractivity contribution in [3.63, 3.8) is 0 Å². The average Bonchev–Trinajstić information content (AvgIpc) is 2.58. The summed E-state index contributed by atoms with van der Waals surface area (Å²) < 4.78 is 55.4. The Morgan fingerprint density at radius 2 is 1.61 bits per heavy atom. The van der Waals surface area contributed by atoms with Crippen molar-refractivity contribution in [2.75, 3.05) is 26.2 Å². The van der Waals surface area contributed by atoms with Crippen molar-refractivity contribution in [3.05, 3.63) is 59.4 Å². The Morgan fingerprint density at radius 3 is 2.14 bits per heavy atom. The molecule has 0 amide bonds. The summed E-state index contributed by atoms with van der Waals surface area (Å²) >= 11 is 0. The number of ether oxygens (including phenoxy) is 1. The van der Waals surface area contributed by atoms with Gasteiger partial charge in [0.2, 0.25) is 0 Å². The van der Waals surface area contributed by atoms with E-state index in [0.717, 1.165) is 19.2 Å². The lowest BCUT2D eigenvalue weighted by molar-refractivity contribution is -0.274. The van der Waals surface area contributed by atoms with Crippen LogP contribution in [0.3, 0.4) is 0 Å². The summed E-state index contributed by atoms with van der Waals surface area (Å²) in [4.78, 5) is 2.05. The van der Waals surface area contributed by atoms with Gasteiger partial charge in [-0.05, 0) is 23.8 Å². The summed E-state index contributed by atoms with van der Waals surface area (Å²) in [6.07, 6.45) is -4.76. The first-order valence-corrected chi connectivity index (χ1v) is 8.12. The highest BCUT2D eigenvalue weighted by Gasteiger charge is 2.31. The monoisotopic (exact) mass is 442 g/mol. The normalized spacial score (nSPS) is 15.9. The van der Waals surface area contributed by atoms with Crippen molar-refractivity contribution in [1.29, 1.82) is 0 Å². The lowest BCUT2D eigenvalue weighted by Gasteiger charge is -2.35. The number of hydrogen-bond donors (Lipinski definition) is 2. The maximum Gasteiger partial charge on any atom is 0.573 e. The summed E-state index contributed by atoms with van der Waals surface area (Å²) in [5.74, 6) is -1.07. The summed E-state index contributed by atoms with van der Waals surface area (Å²) in [6.45, 7) is 2.77.